The summed E-state index contributed by atoms with van der Waals surface area (Å²) in [5, 5.41) is 2.34. The molecule has 1 aliphatic rings. The molecule has 0 aliphatic carbocycles. The Morgan fingerprint density at radius 1 is 0.972 bits per heavy atom. The number of hydrogen-bond acceptors (Lipinski definition) is 6. The molecule has 0 saturated carbocycles. The lowest BCUT2D eigenvalue weighted by atomic mass is 10.1. The van der Waals surface area contributed by atoms with Gasteiger partial charge < -0.3 is 14.8 Å². The second-order valence-corrected chi connectivity index (χ2v) is 7.62. The number of nitrogens with one attached hydrogen (secondary N) is 1. The lowest BCUT2D eigenvalue weighted by Crippen LogP contribution is -2.52. The molecule has 0 atom stereocenters. The lowest BCUT2D eigenvalue weighted by Gasteiger charge is -2.28. The molecule has 2 aromatic rings. The molecule has 1 aliphatic heterocycles. The molecule has 12 heteroatoms. The third kappa shape index (κ3) is 5.82. The number of hydrogen-bond donors (Lipinski definition) is 1. The zero-order valence-corrected chi connectivity index (χ0v) is 19.5. The van der Waals surface area contributed by atoms with Crippen molar-refractivity contribution in [1.29, 1.82) is 0 Å². The van der Waals surface area contributed by atoms with Crippen molar-refractivity contribution >= 4 is 35.5 Å². The molecule has 9 nitrogen and oxygen atoms in total. The van der Waals surface area contributed by atoms with Gasteiger partial charge >= 0.3 is 12.2 Å². The summed E-state index contributed by atoms with van der Waals surface area (Å²) in [5.41, 5.74) is -0.773. The van der Waals surface area contributed by atoms with E-state index < -0.39 is 42.1 Å². The number of imide groups is 2. The van der Waals surface area contributed by atoms with Gasteiger partial charge in [0.2, 0.25) is 0 Å². The number of halogens is 3. The fourth-order valence-corrected chi connectivity index (χ4v) is 3.26. The molecule has 1 heterocycles. The molecule has 1 N–H and O–H groups in total. The van der Waals surface area contributed by atoms with Crippen molar-refractivity contribution in [2.75, 3.05) is 32.6 Å². The molecule has 190 valence electrons. The Bertz CT molecular complexity index is 1220. The number of ether oxygens (including phenoxy) is 2. The smallest absolute Gasteiger partial charge is 0.416 e. The summed E-state index contributed by atoms with van der Waals surface area (Å²) < 4.78 is 49.6. The lowest BCUT2D eigenvalue weighted by molar-refractivity contribution is -0.138. The van der Waals surface area contributed by atoms with Crippen molar-refractivity contribution in [3.05, 3.63) is 59.2 Å². The van der Waals surface area contributed by atoms with Crippen LogP contribution in [-0.2, 0) is 20.6 Å². The van der Waals surface area contributed by atoms with Gasteiger partial charge in [0.15, 0.2) is 18.1 Å². The summed E-state index contributed by atoms with van der Waals surface area (Å²) in [6.45, 7) is 1.41. The summed E-state index contributed by atoms with van der Waals surface area (Å²) >= 11 is 0. The van der Waals surface area contributed by atoms with E-state index in [0.717, 1.165) is 21.9 Å². The quantitative estimate of drug-likeness (QED) is 0.456. The van der Waals surface area contributed by atoms with E-state index in [-0.39, 0.29) is 29.4 Å². The normalized spacial score (nSPS) is 14.2. The zero-order chi connectivity index (χ0) is 26.6. The molecule has 0 radical (unpaired) electrons. The monoisotopic (exact) mass is 505 g/mol. The molecule has 0 unspecified atom stereocenters. The molecule has 0 aromatic heterocycles. The van der Waals surface area contributed by atoms with Gasteiger partial charge in [0.25, 0.3) is 17.7 Å². The predicted molar refractivity (Wildman–Crippen MR) is 122 cm³/mol. The van der Waals surface area contributed by atoms with Crippen molar-refractivity contribution in [2.45, 2.75) is 13.1 Å². The molecule has 0 spiro atoms. The second-order valence-electron chi connectivity index (χ2n) is 7.62. The fourth-order valence-electron chi connectivity index (χ4n) is 3.26. The number of nitrogens with zero attached hydrogens (tertiary/aromatic N) is 2. The number of anilines is 1. The Kier molecular flexibility index (Phi) is 7.66. The SMILES string of the molecule is CCOc1cc(C=C2C(=O)N(C)C(=O)N(C)C2=O)ccc1OCC(=O)Nc1cccc(C(F)(F)F)c1. The maximum Gasteiger partial charge on any atom is 0.416 e. The van der Waals surface area contributed by atoms with Gasteiger partial charge in [-0.3, -0.25) is 24.2 Å². The molecule has 1 saturated heterocycles. The summed E-state index contributed by atoms with van der Waals surface area (Å²) in [6.07, 6.45) is -3.25. The van der Waals surface area contributed by atoms with Gasteiger partial charge in [0, 0.05) is 19.8 Å². The Balaban J connectivity index is 1.75. The highest BCUT2D eigenvalue weighted by Gasteiger charge is 2.37. The average Bonchev–Trinajstić information content (AvgIpc) is 2.83. The number of likely N-dealkylation sites (N-methyl/N-ethyl adjacent to an activating group) is 2. The molecule has 1 fully saturated rings. The van der Waals surface area contributed by atoms with Crippen molar-refractivity contribution in [3.8, 4) is 11.5 Å². The Labute approximate surface area is 204 Å². The second kappa shape index (κ2) is 10.5. The van der Waals surface area contributed by atoms with Gasteiger partial charge in [-0.2, -0.15) is 13.2 Å². The van der Waals surface area contributed by atoms with Crippen LogP contribution in [-0.4, -0.2) is 60.9 Å². The number of benzene rings is 2. The third-order valence-corrected chi connectivity index (χ3v) is 5.05. The number of urea groups is 1. The van der Waals surface area contributed by atoms with Gasteiger partial charge in [-0.25, -0.2) is 4.79 Å². The van der Waals surface area contributed by atoms with E-state index in [1.165, 1.54) is 50.5 Å². The number of carbonyl (C=O) groups is 4. The van der Waals surface area contributed by atoms with Crippen LogP contribution in [0.1, 0.15) is 18.1 Å². The van der Waals surface area contributed by atoms with Crippen LogP contribution < -0.4 is 14.8 Å². The largest absolute Gasteiger partial charge is 0.490 e. The maximum atomic E-state index is 12.9. The van der Waals surface area contributed by atoms with E-state index in [2.05, 4.69) is 5.32 Å². The number of amides is 5. The topological polar surface area (TPSA) is 105 Å². The van der Waals surface area contributed by atoms with Crippen molar-refractivity contribution in [2.24, 2.45) is 0 Å². The summed E-state index contributed by atoms with van der Waals surface area (Å²) in [7, 11) is 2.52. The molecule has 0 bridgehead atoms. The summed E-state index contributed by atoms with van der Waals surface area (Å²) in [6, 6.07) is 7.88. The minimum absolute atomic E-state index is 0.0411. The van der Waals surface area contributed by atoms with Crippen LogP contribution in [0.15, 0.2) is 48.0 Å². The molecule has 36 heavy (non-hydrogen) atoms. The number of barbiturate groups is 1. The van der Waals surface area contributed by atoms with E-state index in [0.29, 0.717) is 5.56 Å². The molecular weight excluding hydrogens is 483 g/mol. The number of carbonyl (C=O) groups excluding carboxylic acids is 4. The first kappa shape index (κ1) is 26.3. The number of rotatable bonds is 7. The van der Waals surface area contributed by atoms with Crippen LogP contribution in [0, 0.1) is 0 Å². The summed E-state index contributed by atoms with van der Waals surface area (Å²) in [5.74, 6) is -1.85. The minimum atomic E-state index is -4.55. The Morgan fingerprint density at radius 2 is 1.64 bits per heavy atom. The highest BCUT2D eigenvalue weighted by atomic mass is 19.4. The van der Waals surface area contributed by atoms with Gasteiger partial charge in [-0.15, -0.1) is 0 Å². The van der Waals surface area contributed by atoms with Crippen LogP contribution in [0.4, 0.5) is 23.7 Å². The fraction of sp³-hybridized carbons (Fsp3) is 0.250. The van der Waals surface area contributed by atoms with Gasteiger partial charge in [0.05, 0.1) is 12.2 Å². The molecular formula is C24H22F3N3O6. The first-order chi connectivity index (χ1) is 16.9. The van der Waals surface area contributed by atoms with E-state index in [9.17, 15) is 32.3 Å². The van der Waals surface area contributed by atoms with E-state index in [1.807, 2.05) is 0 Å². The van der Waals surface area contributed by atoms with Crippen LogP contribution in [0.25, 0.3) is 6.08 Å². The average molecular weight is 505 g/mol. The van der Waals surface area contributed by atoms with E-state index in [1.54, 1.807) is 6.92 Å². The predicted octanol–water partition coefficient (Wildman–Crippen LogP) is 3.56. The van der Waals surface area contributed by atoms with E-state index in [4.69, 9.17) is 9.47 Å². The highest BCUT2D eigenvalue weighted by molar-refractivity contribution is 6.30. The van der Waals surface area contributed by atoms with Crippen molar-refractivity contribution in [1.82, 2.24) is 9.80 Å². The van der Waals surface area contributed by atoms with Gasteiger partial charge in [-0.1, -0.05) is 12.1 Å². The van der Waals surface area contributed by atoms with Crippen molar-refractivity contribution < 1.29 is 41.8 Å². The van der Waals surface area contributed by atoms with Crippen LogP contribution >= 0.6 is 0 Å². The Hall–Kier alpha value is -4.35. The Morgan fingerprint density at radius 3 is 2.25 bits per heavy atom. The molecule has 2 aromatic carbocycles. The molecule has 5 amide bonds. The first-order valence-electron chi connectivity index (χ1n) is 10.6. The highest BCUT2D eigenvalue weighted by Crippen LogP contribution is 2.32. The van der Waals surface area contributed by atoms with Gasteiger partial charge in [-0.05, 0) is 48.9 Å². The van der Waals surface area contributed by atoms with Gasteiger partial charge in [0.1, 0.15) is 5.57 Å². The summed E-state index contributed by atoms with van der Waals surface area (Å²) in [4.78, 5) is 50.6. The number of alkyl halides is 3. The van der Waals surface area contributed by atoms with Crippen molar-refractivity contribution in [3.63, 3.8) is 0 Å². The van der Waals surface area contributed by atoms with Crippen LogP contribution in [0.5, 0.6) is 11.5 Å². The zero-order valence-electron chi connectivity index (χ0n) is 19.5. The molecule has 3 rings (SSSR count). The maximum absolute atomic E-state index is 12.9. The first-order valence-corrected chi connectivity index (χ1v) is 10.6. The van der Waals surface area contributed by atoms with E-state index >= 15 is 0 Å². The third-order valence-electron chi connectivity index (χ3n) is 5.05. The van der Waals surface area contributed by atoms with Crippen LogP contribution in [0.3, 0.4) is 0 Å². The minimum Gasteiger partial charge on any atom is -0.490 e. The van der Waals surface area contributed by atoms with Crippen LogP contribution in [0.2, 0.25) is 0 Å². The standard InChI is InChI=1S/C24H22F3N3O6/c1-4-35-19-11-14(10-17-21(32)29(2)23(34)30(3)22(17)33)8-9-18(19)36-13-20(31)28-16-7-5-6-15(12-16)24(25,26)27/h5-12H,4,13H2,1-3H3,(H,28,31).